The second-order valence-electron chi connectivity index (χ2n) is 7.10. The van der Waals surface area contributed by atoms with E-state index in [0.717, 1.165) is 18.7 Å². The molecule has 150 valence electrons. The molecule has 5 nitrogen and oxygen atoms in total. The summed E-state index contributed by atoms with van der Waals surface area (Å²) in [5.74, 6) is -0.609. The predicted octanol–water partition coefficient (Wildman–Crippen LogP) is 3.44. The lowest BCUT2D eigenvalue weighted by Crippen LogP contribution is -2.49. The minimum atomic E-state index is -0.634. The van der Waals surface area contributed by atoms with Crippen LogP contribution >= 0.6 is 24.0 Å². The van der Waals surface area contributed by atoms with Crippen molar-refractivity contribution < 1.29 is 9.59 Å². The summed E-state index contributed by atoms with van der Waals surface area (Å²) < 4.78 is 0. The molecule has 0 saturated carbocycles. The van der Waals surface area contributed by atoms with E-state index < -0.39 is 6.04 Å². The number of carbonyl (C=O) groups is 2. The van der Waals surface area contributed by atoms with Crippen molar-refractivity contribution >= 4 is 35.8 Å². The summed E-state index contributed by atoms with van der Waals surface area (Å²) >= 11 is 6.08. The van der Waals surface area contributed by atoms with Crippen molar-refractivity contribution in [3.63, 3.8) is 0 Å². The molecule has 1 unspecified atom stereocenters. The highest BCUT2D eigenvalue weighted by atomic mass is 35.5. The summed E-state index contributed by atoms with van der Waals surface area (Å²) in [6.07, 6.45) is 0. The van der Waals surface area contributed by atoms with Crippen LogP contribution in [0, 0.1) is 5.92 Å². The normalized spacial score (nSPS) is 13.4. The Morgan fingerprint density at radius 2 is 1.82 bits per heavy atom. The molecule has 28 heavy (non-hydrogen) atoms. The molecule has 0 aliphatic carbocycles. The largest absolute Gasteiger partial charge is 0.350 e. The molecule has 1 aliphatic heterocycles. The Kier molecular flexibility index (Phi) is 7.87. The Morgan fingerprint density at radius 1 is 1.11 bits per heavy atom. The molecular formula is C21H25Cl2N3O2. The summed E-state index contributed by atoms with van der Waals surface area (Å²) in [6, 6.07) is 12.4. The summed E-state index contributed by atoms with van der Waals surface area (Å²) in [7, 11) is 0. The maximum atomic E-state index is 12.7. The van der Waals surface area contributed by atoms with Crippen molar-refractivity contribution in [2.24, 2.45) is 5.92 Å². The van der Waals surface area contributed by atoms with Crippen LogP contribution in [0.4, 0.5) is 0 Å². The molecule has 2 aromatic carbocycles. The third kappa shape index (κ3) is 5.25. The van der Waals surface area contributed by atoms with Gasteiger partial charge in [0.25, 0.3) is 5.91 Å². The Morgan fingerprint density at radius 3 is 2.54 bits per heavy atom. The Balaban J connectivity index is 0.00000280. The van der Waals surface area contributed by atoms with Crippen molar-refractivity contribution in [3.05, 3.63) is 69.7 Å². The summed E-state index contributed by atoms with van der Waals surface area (Å²) in [4.78, 5) is 25.2. The fraction of sp³-hybridized carbons (Fsp3) is 0.333. The van der Waals surface area contributed by atoms with Crippen molar-refractivity contribution in [1.29, 1.82) is 0 Å². The standard InChI is InChI=1S/C21H24ClN3O2.ClH/c1-13(2)19(25-20(26)17-5-3-4-6-18(17)22)21(27)24-10-14-7-8-15-11-23-12-16(15)9-14;/h3-9,13,19,23H,10-12H2,1-2H3,(H,24,27)(H,25,26);1H. The van der Waals surface area contributed by atoms with E-state index in [1.807, 2.05) is 19.9 Å². The molecule has 7 heteroatoms. The first kappa shape index (κ1) is 22.2. The number of rotatable bonds is 6. The van der Waals surface area contributed by atoms with Gasteiger partial charge in [0, 0.05) is 19.6 Å². The zero-order chi connectivity index (χ0) is 19.4. The number of halogens is 2. The van der Waals surface area contributed by atoms with E-state index >= 15 is 0 Å². The van der Waals surface area contributed by atoms with Gasteiger partial charge in [-0.1, -0.05) is 55.8 Å². The van der Waals surface area contributed by atoms with Gasteiger partial charge in [-0.15, -0.1) is 12.4 Å². The zero-order valence-corrected chi connectivity index (χ0v) is 17.5. The van der Waals surface area contributed by atoms with Crippen LogP contribution in [0.3, 0.4) is 0 Å². The van der Waals surface area contributed by atoms with Gasteiger partial charge in [0.05, 0.1) is 10.6 Å². The van der Waals surface area contributed by atoms with E-state index in [2.05, 4.69) is 28.1 Å². The fourth-order valence-corrected chi connectivity index (χ4v) is 3.38. The Labute approximate surface area is 176 Å². The van der Waals surface area contributed by atoms with Crippen molar-refractivity contribution in [2.45, 2.75) is 39.5 Å². The molecule has 0 spiro atoms. The Hall–Kier alpha value is -2.08. The number of carbonyl (C=O) groups excluding carboxylic acids is 2. The smallest absolute Gasteiger partial charge is 0.253 e. The first-order valence-corrected chi connectivity index (χ1v) is 9.48. The van der Waals surface area contributed by atoms with Crippen LogP contribution in [0.1, 0.15) is 40.9 Å². The monoisotopic (exact) mass is 421 g/mol. The molecule has 1 atom stereocenters. The minimum absolute atomic E-state index is 0. The molecule has 0 fully saturated rings. The number of nitrogens with one attached hydrogen (secondary N) is 3. The minimum Gasteiger partial charge on any atom is -0.350 e. The number of hydrogen-bond acceptors (Lipinski definition) is 3. The van der Waals surface area contributed by atoms with Gasteiger partial charge in [-0.3, -0.25) is 9.59 Å². The average molecular weight is 422 g/mol. The lowest BCUT2D eigenvalue weighted by molar-refractivity contribution is -0.124. The second kappa shape index (κ2) is 9.92. The second-order valence-corrected chi connectivity index (χ2v) is 7.51. The molecular weight excluding hydrogens is 397 g/mol. The van der Waals surface area contributed by atoms with E-state index in [-0.39, 0.29) is 30.1 Å². The number of benzene rings is 2. The van der Waals surface area contributed by atoms with Gasteiger partial charge in [0.1, 0.15) is 6.04 Å². The summed E-state index contributed by atoms with van der Waals surface area (Å²) in [6.45, 7) is 5.98. The SMILES string of the molecule is CC(C)C(NC(=O)c1ccccc1Cl)C(=O)NCc1ccc2c(c1)CNC2.Cl. The number of amides is 2. The van der Waals surface area contributed by atoms with Gasteiger partial charge < -0.3 is 16.0 Å². The number of hydrogen-bond donors (Lipinski definition) is 3. The van der Waals surface area contributed by atoms with Crippen LogP contribution in [0.2, 0.25) is 5.02 Å². The lowest BCUT2D eigenvalue weighted by atomic mass is 10.0. The van der Waals surface area contributed by atoms with E-state index in [9.17, 15) is 9.59 Å². The highest BCUT2D eigenvalue weighted by molar-refractivity contribution is 6.33. The molecule has 1 heterocycles. The van der Waals surface area contributed by atoms with Gasteiger partial charge in [-0.05, 0) is 34.7 Å². The van der Waals surface area contributed by atoms with E-state index in [1.54, 1.807) is 24.3 Å². The van der Waals surface area contributed by atoms with Crippen LogP contribution in [-0.4, -0.2) is 17.9 Å². The van der Waals surface area contributed by atoms with Gasteiger partial charge in [-0.2, -0.15) is 0 Å². The van der Waals surface area contributed by atoms with E-state index in [0.29, 0.717) is 17.1 Å². The van der Waals surface area contributed by atoms with Gasteiger partial charge in [0.2, 0.25) is 5.91 Å². The molecule has 0 aromatic heterocycles. The van der Waals surface area contributed by atoms with Gasteiger partial charge >= 0.3 is 0 Å². The third-order valence-corrected chi connectivity index (χ3v) is 5.05. The van der Waals surface area contributed by atoms with Crippen LogP contribution in [0.25, 0.3) is 0 Å². The molecule has 2 amide bonds. The highest BCUT2D eigenvalue weighted by Crippen LogP contribution is 2.18. The maximum Gasteiger partial charge on any atom is 0.253 e. The fourth-order valence-electron chi connectivity index (χ4n) is 3.16. The van der Waals surface area contributed by atoms with Crippen LogP contribution in [-0.2, 0) is 24.4 Å². The van der Waals surface area contributed by atoms with E-state index in [1.165, 1.54) is 11.1 Å². The van der Waals surface area contributed by atoms with Crippen molar-refractivity contribution in [3.8, 4) is 0 Å². The summed E-state index contributed by atoms with van der Waals surface area (Å²) in [5, 5.41) is 9.42. The van der Waals surface area contributed by atoms with E-state index in [4.69, 9.17) is 11.6 Å². The van der Waals surface area contributed by atoms with Crippen LogP contribution in [0.15, 0.2) is 42.5 Å². The lowest BCUT2D eigenvalue weighted by Gasteiger charge is -2.22. The quantitative estimate of drug-likeness (QED) is 0.668. The molecule has 3 rings (SSSR count). The Bertz CT molecular complexity index is 855. The van der Waals surface area contributed by atoms with Crippen LogP contribution in [0.5, 0.6) is 0 Å². The van der Waals surface area contributed by atoms with Gasteiger partial charge in [-0.25, -0.2) is 0 Å². The molecule has 0 saturated heterocycles. The topological polar surface area (TPSA) is 70.2 Å². The predicted molar refractivity (Wildman–Crippen MR) is 114 cm³/mol. The summed E-state index contributed by atoms with van der Waals surface area (Å²) in [5.41, 5.74) is 3.99. The van der Waals surface area contributed by atoms with Crippen molar-refractivity contribution in [1.82, 2.24) is 16.0 Å². The zero-order valence-electron chi connectivity index (χ0n) is 15.9. The molecule has 3 N–H and O–H groups in total. The first-order valence-electron chi connectivity index (χ1n) is 9.10. The highest BCUT2D eigenvalue weighted by Gasteiger charge is 2.25. The maximum absolute atomic E-state index is 12.7. The number of fused-ring (bicyclic) bond motifs is 1. The van der Waals surface area contributed by atoms with Crippen molar-refractivity contribution in [2.75, 3.05) is 0 Å². The third-order valence-electron chi connectivity index (χ3n) is 4.72. The molecule has 0 radical (unpaired) electrons. The van der Waals surface area contributed by atoms with Crippen LogP contribution < -0.4 is 16.0 Å². The molecule has 0 bridgehead atoms. The molecule has 2 aromatic rings. The molecule has 1 aliphatic rings. The average Bonchev–Trinajstić information content (AvgIpc) is 3.12. The van der Waals surface area contributed by atoms with Gasteiger partial charge in [0.15, 0.2) is 0 Å². The first-order chi connectivity index (χ1) is 13.0.